The van der Waals surface area contributed by atoms with E-state index in [9.17, 15) is 16.8 Å². The molecule has 1 heterocycles. The second-order valence-electron chi connectivity index (χ2n) is 5.73. The molecule has 15 heteroatoms. The lowest BCUT2D eigenvalue weighted by Gasteiger charge is -2.20. The highest BCUT2D eigenvalue weighted by Crippen LogP contribution is 2.23. The molecule has 2 rings (SSSR count). The predicted molar refractivity (Wildman–Crippen MR) is 115 cm³/mol. The first-order valence-corrected chi connectivity index (χ1v) is 12.2. The maximum Gasteiger partial charge on any atom is 0.322 e. The number of sulfonamides is 2. The first-order chi connectivity index (χ1) is 14.6. The van der Waals surface area contributed by atoms with Crippen LogP contribution in [0.3, 0.4) is 0 Å². The monoisotopic (exact) mass is 490 g/mol. The molecule has 12 nitrogen and oxygen atoms in total. The van der Waals surface area contributed by atoms with E-state index in [2.05, 4.69) is 25.2 Å². The molecule has 31 heavy (non-hydrogen) atoms. The summed E-state index contributed by atoms with van der Waals surface area (Å²) >= 11 is 5.11. The number of hydrazine groups is 1. The Morgan fingerprint density at radius 1 is 0.968 bits per heavy atom. The number of rotatable bonds is 10. The van der Waals surface area contributed by atoms with Gasteiger partial charge in [0.05, 0.1) is 14.2 Å². The highest BCUT2D eigenvalue weighted by atomic mass is 32.2. The van der Waals surface area contributed by atoms with E-state index in [1.807, 2.05) is 0 Å². The Morgan fingerprint density at radius 2 is 1.48 bits per heavy atom. The van der Waals surface area contributed by atoms with Crippen molar-refractivity contribution in [2.75, 3.05) is 27.3 Å². The summed E-state index contributed by atoms with van der Waals surface area (Å²) in [6.07, 6.45) is 0. The van der Waals surface area contributed by atoms with Gasteiger partial charge in [0.25, 0.3) is 10.0 Å². The Kier molecular flexibility index (Phi) is 8.19. The summed E-state index contributed by atoms with van der Waals surface area (Å²) in [6, 6.07) is 5.07. The van der Waals surface area contributed by atoms with Crippen LogP contribution in [0.4, 0.5) is 0 Å². The maximum absolute atomic E-state index is 12.9. The average Bonchev–Trinajstić information content (AvgIpc) is 2.77. The third kappa shape index (κ3) is 5.62. The number of benzene rings is 1. The third-order valence-electron chi connectivity index (χ3n) is 3.92. The van der Waals surface area contributed by atoms with Crippen LogP contribution in [-0.4, -0.2) is 68.4 Å². The lowest BCUT2D eigenvalue weighted by Crippen LogP contribution is -2.42. The van der Waals surface area contributed by atoms with Gasteiger partial charge in [0, 0.05) is 13.1 Å². The molecule has 0 aliphatic rings. The van der Waals surface area contributed by atoms with Crippen molar-refractivity contribution in [3.63, 3.8) is 0 Å². The van der Waals surface area contributed by atoms with Crippen LogP contribution in [0.15, 0.2) is 34.1 Å². The Labute approximate surface area is 186 Å². The topological polar surface area (TPSA) is 153 Å². The Hall–Kier alpha value is -2.46. The standard InChI is InChI=1S/C16H22N6O6S3/c1-5-22(6-2)31(25,26)12-10-8-7-9-11(12)30(23,24)21-20-14(29)13-17-15(27-3)19-16(18-13)28-4/h7-10,21H,5-6H2,1-4H3,(H,20,29). The van der Waals surface area contributed by atoms with Crippen molar-refractivity contribution in [1.82, 2.24) is 29.5 Å². The molecule has 0 unspecified atom stereocenters. The van der Waals surface area contributed by atoms with Crippen LogP contribution in [0, 0.1) is 0 Å². The van der Waals surface area contributed by atoms with E-state index >= 15 is 0 Å². The van der Waals surface area contributed by atoms with Crippen molar-refractivity contribution in [2.24, 2.45) is 0 Å². The van der Waals surface area contributed by atoms with Crippen LogP contribution >= 0.6 is 12.2 Å². The molecule has 0 saturated heterocycles. The molecular weight excluding hydrogens is 468 g/mol. The zero-order valence-corrected chi connectivity index (χ0v) is 19.6. The number of hydrogen-bond donors (Lipinski definition) is 2. The fourth-order valence-corrected chi connectivity index (χ4v) is 5.75. The van der Waals surface area contributed by atoms with E-state index in [1.165, 1.54) is 38.5 Å². The number of nitrogens with one attached hydrogen (secondary N) is 2. The van der Waals surface area contributed by atoms with Gasteiger partial charge in [0.1, 0.15) is 9.79 Å². The van der Waals surface area contributed by atoms with Crippen LogP contribution < -0.4 is 19.7 Å². The number of hydrogen-bond acceptors (Lipinski definition) is 10. The molecule has 0 spiro atoms. The Balaban J connectivity index is 2.34. The smallest absolute Gasteiger partial charge is 0.322 e. The van der Waals surface area contributed by atoms with Crippen molar-refractivity contribution in [1.29, 1.82) is 0 Å². The molecule has 0 saturated carbocycles. The van der Waals surface area contributed by atoms with Crippen molar-refractivity contribution < 1.29 is 26.3 Å². The summed E-state index contributed by atoms with van der Waals surface area (Å²) in [5.41, 5.74) is 2.30. The van der Waals surface area contributed by atoms with Crippen LogP contribution in [0.5, 0.6) is 12.0 Å². The second kappa shape index (κ2) is 10.2. The predicted octanol–water partition coefficient (Wildman–Crippen LogP) is 0.0779. The molecule has 0 bridgehead atoms. The lowest BCUT2D eigenvalue weighted by molar-refractivity contribution is 0.339. The minimum absolute atomic E-state index is 0.0930. The molecule has 0 atom stereocenters. The summed E-state index contributed by atoms with van der Waals surface area (Å²) < 4.78 is 62.5. The van der Waals surface area contributed by atoms with Crippen LogP contribution in [-0.2, 0) is 20.0 Å². The van der Waals surface area contributed by atoms with E-state index in [4.69, 9.17) is 21.7 Å². The number of nitrogens with zero attached hydrogens (tertiary/aromatic N) is 4. The maximum atomic E-state index is 12.9. The first kappa shape index (κ1) is 24.8. The fraction of sp³-hybridized carbons (Fsp3) is 0.375. The van der Waals surface area contributed by atoms with E-state index in [0.29, 0.717) is 0 Å². The third-order valence-corrected chi connectivity index (χ3v) is 7.75. The molecule has 0 amide bonds. The van der Waals surface area contributed by atoms with Gasteiger partial charge in [0.2, 0.25) is 10.0 Å². The molecule has 0 aliphatic carbocycles. The lowest BCUT2D eigenvalue weighted by atomic mass is 10.4. The molecule has 1 aromatic carbocycles. The minimum atomic E-state index is -4.35. The van der Waals surface area contributed by atoms with E-state index < -0.39 is 24.9 Å². The summed E-state index contributed by atoms with van der Waals surface area (Å²) in [5, 5.41) is 0. The fourth-order valence-electron chi connectivity index (χ4n) is 2.43. The van der Waals surface area contributed by atoms with Crippen molar-refractivity contribution in [3.05, 3.63) is 30.1 Å². The molecule has 2 aromatic rings. The Morgan fingerprint density at radius 3 is 1.97 bits per heavy atom. The van der Waals surface area contributed by atoms with E-state index in [0.717, 1.165) is 4.31 Å². The highest BCUT2D eigenvalue weighted by molar-refractivity contribution is 7.92. The van der Waals surface area contributed by atoms with Gasteiger partial charge in [-0.3, -0.25) is 5.43 Å². The molecule has 0 radical (unpaired) electrons. The van der Waals surface area contributed by atoms with Crippen molar-refractivity contribution in [2.45, 2.75) is 23.6 Å². The zero-order chi connectivity index (χ0) is 23.2. The molecule has 1 aromatic heterocycles. The van der Waals surface area contributed by atoms with E-state index in [1.54, 1.807) is 13.8 Å². The number of thiocarbonyl (C=S) groups is 1. The van der Waals surface area contributed by atoms with Crippen molar-refractivity contribution in [3.8, 4) is 12.0 Å². The zero-order valence-electron chi connectivity index (χ0n) is 17.2. The number of methoxy groups -OCH3 is 2. The van der Waals surface area contributed by atoms with Gasteiger partial charge in [-0.25, -0.2) is 16.8 Å². The summed E-state index contributed by atoms with van der Waals surface area (Å²) in [4.78, 5) is 12.7. The summed E-state index contributed by atoms with van der Waals surface area (Å²) in [6.45, 7) is 3.69. The minimum Gasteiger partial charge on any atom is -0.467 e. The highest BCUT2D eigenvalue weighted by Gasteiger charge is 2.30. The van der Waals surface area contributed by atoms with Crippen molar-refractivity contribution >= 4 is 37.3 Å². The normalized spacial score (nSPS) is 11.9. The molecule has 0 fully saturated rings. The second-order valence-corrected chi connectivity index (χ2v) is 9.69. The summed E-state index contributed by atoms with van der Waals surface area (Å²) in [7, 11) is -5.73. The van der Waals surface area contributed by atoms with Gasteiger partial charge in [-0.15, -0.1) is 9.82 Å². The van der Waals surface area contributed by atoms with Crippen LogP contribution in [0.2, 0.25) is 0 Å². The number of ether oxygens (including phenoxy) is 2. The molecule has 0 aliphatic heterocycles. The van der Waals surface area contributed by atoms with Gasteiger partial charge in [0.15, 0.2) is 10.8 Å². The van der Waals surface area contributed by atoms with Gasteiger partial charge in [-0.2, -0.15) is 14.3 Å². The van der Waals surface area contributed by atoms with Gasteiger partial charge < -0.3 is 9.47 Å². The average molecular weight is 491 g/mol. The quantitative estimate of drug-likeness (QED) is 0.344. The molecule has 2 N–H and O–H groups in total. The van der Waals surface area contributed by atoms with Gasteiger partial charge in [-0.1, -0.05) is 38.2 Å². The van der Waals surface area contributed by atoms with Gasteiger partial charge in [-0.05, 0) is 12.1 Å². The SMILES string of the molecule is CCN(CC)S(=O)(=O)c1ccccc1S(=O)(=O)NNC(=S)c1nc(OC)nc(OC)n1. The van der Waals surface area contributed by atoms with Crippen LogP contribution in [0.1, 0.15) is 19.7 Å². The first-order valence-electron chi connectivity index (χ1n) is 8.86. The van der Waals surface area contributed by atoms with Gasteiger partial charge >= 0.3 is 12.0 Å². The number of aromatic nitrogens is 3. The van der Waals surface area contributed by atoms with Crippen LogP contribution in [0.25, 0.3) is 0 Å². The Bertz CT molecular complexity index is 1130. The largest absolute Gasteiger partial charge is 0.467 e. The van der Waals surface area contributed by atoms with E-state index in [-0.39, 0.29) is 40.8 Å². The molecular formula is C16H22N6O6S3. The molecule has 170 valence electrons. The summed E-state index contributed by atoms with van der Waals surface area (Å²) in [5.74, 6) is -0.120.